The maximum Gasteiger partial charge on any atom is 0.123 e. The van der Waals surface area contributed by atoms with Gasteiger partial charge in [0.05, 0.1) is 0 Å². The standard InChI is InChI=1S/C12H12FNS/c1-8-2-3-9(13)6-11(8)12-5-4-10(7-14)15-12/h2-6H,7,14H2,1H3. The molecule has 3 heteroatoms. The van der Waals surface area contributed by atoms with Gasteiger partial charge in [-0.25, -0.2) is 4.39 Å². The van der Waals surface area contributed by atoms with Crippen molar-refractivity contribution in [3.63, 3.8) is 0 Å². The molecule has 0 saturated carbocycles. The van der Waals surface area contributed by atoms with Crippen LogP contribution in [0.15, 0.2) is 30.3 Å². The smallest absolute Gasteiger partial charge is 0.123 e. The zero-order chi connectivity index (χ0) is 10.8. The number of rotatable bonds is 2. The van der Waals surface area contributed by atoms with Crippen molar-refractivity contribution in [2.24, 2.45) is 5.73 Å². The van der Waals surface area contributed by atoms with E-state index in [4.69, 9.17) is 5.73 Å². The van der Waals surface area contributed by atoms with Gasteiger partial charge in [0.15, 0.2) is 0 Å². The molecule has 2 rings (SSSR count). The average molecular weight is 221 g/mol. The Kier molecular flexibility index (Phi) is 2.84. The van der Waals surface area contributed by atoms with Gasteiger partial charge in [0, 0.05) is 16.3 Å². The van der Waals surface area contributed by atoms with Crippen molar-refractivity contribution in [2.75, 3.05) is 0 Å². The highest BCUT2D eigenvalue weighted by molar-refractivity contribution is 7.15. The molecule has 0 radical (unpaired) electrons. The Labute approximate surface area is 92.4 Å². The highest BCUT2D eigenvalue weighted by atomic mass is 32.1. The van der Waals surface area contributed by atoms with Crippen LogP contribution in [0.25, 0.3) is 10.4 Å². The lowest BCUT2D eigenvalue weighted by Gasteiger charge is -2.02. The lowest BCUT2D eigenvalue weighted by molar-refractivity contribution is 0.628. The molecule has 0 amide bonds. The molecule has 15 heavy (non-hydrogen) atoms. The van der Waals surface area contributed by atoms with E-state index in [9.17, 15) is 4.39 Å². The number of thiophene rings is 1. The van der Waals surface area contributed by atoms with Crippen LogP contribution in [-0.2, 0) is 6.54 Å². The quantitative estimate of drug-likeness (QED) is 0.827. The lowest BCUT2D eigenvalue weighted by Crippen LogP contribution is -1.91. The van der Waals surface area contributed by atoms with Gasteiger partial charge in [-0.1, -0.05) is 6.07 Å². The lowest BCUT2D eigenvalue weighted by atomic mass is 10.1. The Bertz CT molecular complexity index is 476. The van der Waals surface area contributed by atoms with E-state index in [2.05, 4.69) is 0 Å². The van der Waals surface area contributed by atoms with Crippen molar-refractivity contribution in [3.05, 3.63) is 46.6 Å². The Morgan fingerprint density at radius 3 is 2.73 bits per heavy atom. The molecule has 78 valence electrons. The van der Waals surface area contributed by atoms with Crippen molar-refractivity contribution in [1.82, 2.24) is 0 Å². The summed E-state index contributed by atoms with van der Waals surface area (Å²) in [4.78, 5) is 2.20. The monoisotopic (exact) mass is 221 g/mol. The number of halogens is 1. The summed E-state index contributed by atoms with van der Waals surface area (Å²) in [5.74, 6) is -0.196. The van der Waals surface area contributed by atoms with E-state index >= 15 is 0 Å². The first-order valence-corrected chi connectivity index (χ1v) is 5.57. The van der Waals surface area contributed by atoms with E-state index in [1.54, 1.807) is 23.5 Å². The molecule has 2 N–H and O–H groups in total. The van der Waals surface area contributed by atoms with E-state index in [-0.39, 0.29) is 5.82 Å². The van der Waals surface area contributed by atoms with Gasteiger partial charge in [-0.3, -0.25) is 0 Å². The van der Waals surface area contributed by atoms with Gasteiger partial charge < -0.3 is 5.73 Å². The van der Waals surface area contributed by atoms with Crippen LogP contribution in [0.1, 0.15) is 10.4 Å². The van der Waals surface area contributed by atoms with E-state index in [1.165, 1.54) is 6.07 Å². The summed E-state index contributed by atoms with van der Waals surface area (Å²) in [7, 11) is 0. The second-order valence-electron chi connectivity index (χ2n) is 3.43. The van der Waals surface area contributed by atoms with Crippen molar-refractivity contribution in [1.29, 1.82) is 0 Å². The normalized spacial score (nSPS) is 10.6. The van der Waals surface area contributed by atoms with Crippen LogP contribution >= 0.6 is 11.3 Å². The largest absolute Gasteiger partial charge is 0.326 e. The van der Waals surface area contributed by atoms with Crippen molar-refractivity contribution >= 4 is 11.3 Å². The summed E-state index contributed by atoms with van der Waals surface area (Å²) in [6.07, 6.45) is 0. The van der Waals surface area contributed by atoms with Crippen LogP contribution in [0.5, 0.6) is 0 Å². The Hall–Kier alpha value is -1.19. The van der Waals surface area contributed by atoms with Crippen LogP contribution in [0.4, 0.5) is 4.39 Å². The molecule has 1 nitrogen and oxygen atoms in total. The predicted molar refractivity (Wildman–Crippen MR) is 62.3 cm³/mol. The van der Waals surface area contributed by atoms with E-state index < -0.39 is 0 Å². The summed E-state index contributed by atoms with van der Waals surface area (Å²) < 4.78 is 13.1. The van der Waals surface area contributed by atoms with Crippen LogP contribution in [0, 0.1) is 12.7 Å². The van der Waals surface area contributed by atoms with Gasteiger partial charge in [0.2, 0.25) is 0 Å². The molecule has 0 aliphatic rings. The van der Waals surface area contributed by atoms with Crippen molar-refractivity contribution in [3.8, 4) is 10.4 Å². The molecule has 0 atom stereocenters. The molecular formula is C12H12FNS. The molecule has 0 aliphatic carbocycles. The van der Waals surface area contributed by atoms with E-state index in [0.717, 1.165) is 20.9 Å². The molecule has 0 saturated heterocycles. The minimum absolute atomic E-state index is 0.196. The zero-order valence-corrected chi connectivity index (χ0v) is 9.27. The molecule has 1 aromatic carbocycles. The molecule has 2 aromatic rings. The second-order valence-corrected chi connectivity index (χ2v) is 4.60. The minimum Gasteiger partial charge on any atom is -0.326 e. The maximum absolute atomic E-state index is 13.1. The predicted octanol–water partition coefficient (Wildman–Crippen LogP) is 3.32. The summed E-state index contributed by atoms with van der Waals surface area (Å²) in [6.45, 7) is 2.52. The van der Waals surface area contributed by atoms with Crippen LogP contribution in [0.2, 0.25) is 0 Å². The second kappa shape index (κ2) is 4.13. The number of hydrogen-bond donors (Lipinski definition) is 1. The summed E-state index contributed by atoms with van der Waals surface area (Å²) in [5, 5.41) is 0. The highest BCUT2D eigenvalue weighted by Gasteiger charge is 2.06. The van der Waals surface area contributed by atoms with Crippen LogP contribution < -0.4 is 5.73 Å². The zero-order valence-electron chi connectivity index (χ0n) is 8.46. The Morgan fingerprint density at radius 2 is 2.07 bits per heavy atom. The van der Waals surface area contributed by atoms with Crippen molar-refractivity contribution in [2.45, 2.75) is 13.5 Å². The molecule has 0 fully saturated rings. The maximum atomic E-state index is 13.1. The van der Waals surface area contributed by atoms with Gasteiger partial charge in [-0.05, 0) is 42.3 Å². The number of nitrogens with two attached hydrogens (primary N) is 1. The molecule has 0 bridgehead atoms. The van der Waals surface area contributed by atoms with Gasteiger partial charge in [0.25, 0.3) is 0 Å². The van der Waals surface area contributed by atoms with Crippen LogP contribution in [-0.4, -0.2) is 0 Å². The SMILES string of the molecule is Cc1ccc(F)cc1-c1ccc(CN)s1. The number of hydrogen-bond acceptors (Lipinski definition) is 2. The molecule has 1 heterocycles. The van der Waals surface area contributed by atoms with Crippen molar-refractivity contribution < 1.29 is 4.39 Å². The first kappa shape index (κ1) is 10.3. The third kappa shape index (κ3) is 2.08. The minimum atomic E-state index is -0.196. The fourth-order valence-electron chi connectivity index (χ4n) is 1.49. The topological polar surface area (TPSA) is 26.0 Å². The van der Waals surface area contributed by atoms with Crippen LogP contribution in [0.3, 0.4) is 0 Å². The fourth-order valence-corrected chi connectivity index (χ4v) is 2.46. The molecule has 1 aromatic heterocycles. The number of aryl methyl sites for hydroxylation is 1. The van der Waals surface area contributed by atoms with E-state index in [0.29, 0.717) is 6.54 Å². The third-order valence-corrected chi connectivity index (χ3v) is 3.47. The first-order valence-electron chi connectivity index (χ1n) is 4.76. The third-order valence-electron chi connectivity index (χ3n) is 2.33. The van der Waals surface area contributed by atoms with Gasteiger partial charge >= 0.3 is 0 Å². The first-order chi connectivity index (χ1) is 7.20. The molecule has 0 spiro atoms. The molecule has 0 aliphatic heterocycles. The molecule has 0 unspecified atom stereocenters. The Morgan fingerprint density at radius 1 is 1.27 bits per heavy atom. The summed E-state index contributed by atoms with van der Waals surface area (Å²) in [6, 6.07) is 8.84. The van der Waals surface area contributed by atoms with E-state index in [1.807, 2.05) is 19.1 Å². The molecular weight excluding hydrogens is 209 g/mol. The Balaban J connectivity index is 2.48. The summed E-state index contributed by atoms with van der Waals surface area (Å²) >= 11 is 1.62. The van der Waals surface area contributed by atoms with Gasteiger partial charge in [-0.2, -0.15) is 0 Å². The van der Waals surface area contributed by atoms with Gasteiger partial charge in [-0.15, -0.1) is 11.3 Å². The van der Waals surface area contributed by atoms with Gasteiger partial charge in [0.1, 0.15) is 5.82 Å². The number of benzene rings is 1. The highest BCUT2D eigenvalue weighted by Crippen LogP contribution is 2.30. The summed E-state index contributed by atoms with van der Waals surface area (Å²) in [5.41, 5.74) is 7.59. The average Bonchev–Trinajstić information content (AvgIpc) is 2.70. The fraction of sp³-hybridized carbons (Fsp3) is 0.167.